The normalized spacial score (nSPS) is 11.5. The molecule has 0 unspecified atom stereocenters. The summed E-state index contributed by atoms with van der Waals surface area (Å²) < 4.78 is 28.7. The fourth-order valence-corrected chi connectivity index (χ4v) is 2.83. The van der Waals surface area contributed by atoms with Gasteiger partial charge in [-0.3, -0.25) is 4.99 Å². The van der Waals surface area contributed by atoms with E-state index >= 15 is 0 Å². The maximum absolute atomic E-state index is 13.6. The molecule has 28 heavy (non-hydrogen) atoms. The SMILES string of the molecule is CN=C(NCCc1ccc(-n2cccn2)cc1)NCCc1cc(F)ccc1F. The summed E-state index contributed by atoms with van der Waals surface area (Å²) in [6.45, 7) is 1.16. The largest absolute Gasteiger partial charge is 0.356 e. The zero-order valence-corrected chi connectivity index (χ0v) is 15.7. The van der Waals surface area contributed by atoms with Gasteiger partial charge in [-0.2, -0.15) is 5.10 Å². The fraction of sp³-hybridized carbons (Fsp3) is 0.238. The van der Waals surface area contributed by atoms with Crippen LogP contribution in [0, 0.1) is 11.6 Å². The van der Waals surface area contributed by atoms with E-state index in [9.17, 15) is 8.78 Å². The molecule has 0 amide bonds. The van der Waals surface area contributed by atoms with Crippen LogP contribution in [0.5, 0.6) is 0 Å². The molecule has 2 N–H and O–H groups in total. The molecule has 0 aliphatic heterocycles. The van der Waals surface area contributed by atoms with Gasteiger partial charge in [0.05, 0.1) is 5.69 Å². The van der Waals surface area contributed by atoms with Crippen LogP contribution in [-0.2, 0) is 12.8 Å². The molecule has 1 aromatic heterocycles. The molecule has 0 radical (unpaired) electrons. The summed E-state index contributed by atoms with van der Waals surface area (Å²) >= 11 is 0. The Morgan fingerprint density at radius 3 is 2.46 bits per heavy atom. The monoisotopic (exact) mass is 383 g/mol. The van der Waals surface area contributed by atoms with Gasteiger partial charge >= 0.3 is 0 Å². The van der Waals surface area contributed by atoms with Crippen LogP contribution >= 0.6 is 0 Å². The van der Waals surface area contributed by atoms with Crippen molar-refractivity contribution < 1.29 is 8.78 Å². The topological polar surface area (TPSA) is 54.2 Å². The summed E-state index contributed by atoms with van der Waals surface area (Å²) in [5.41, 5.74) is 2.56. The molecule has 0 bridgehead atoms. The van der Waals surface area contributed by atoms with Crippen molar-refractivity contribution in [1.82, 2.24) is 20.4 Å². The van der Waals surface area contributed by atoms with Crippen molar-refractivity contribution in [3.05, 3.63) is 83.7 Å². The Morgan fingerprint density at radius 2 is 1.79 bits per heavy atom. The quantitative estimate of drug-likeness (QED) is 0.487. The van der Waals surface area contributed by atoms with Gasteiger partial charge in [-0.1, -0.05) is 12.1 Å². The molecule has 2 aromatic carbocycles. The summed E-state index contributed by atoms with van der Waals surface area (Å²) in [7, 11) is 1.68. The first-order chi connectivity index (χ1) is 13.7. The van der Waals surface area contributed by atoms with Crippen LogP contribution in [0.3, 0.4) is 0 Å². The highest BCUT2D eigenvalue weighted by molar-refractivity contribution is 5.79. The van der Waals surface area contributed by atoms with Gasteiger partial charge in [0, 0.05) is 32.5 Å². The minimum absolute atomic E-state index is 0.347. The van der Waals surface area contributed by atoms with Gasteiger partial charge in [0.1, 0.15) is 11.6 Å². The molecule has 0 fully saturated rings. The first kappa shape index (κ1) is 19.5. The molecule has 0 atom stereocenters. The average Bonchev–Trinajstić information content (AvgIpc) is 3.24. The van der Waals surface area contributed by atoms with Crippen LogP contribution in [0.15, 0.2) is 65.9 Å². The molecular formula is C21H23F2N5. The van der Waals surface area contributed by atoms with E-state index < -0.39 is 11.6 Å². The third-order valence-corrected chi connectivity index (χ3v) is 4.33. The molecule has 1 heterocycles. The number of nitrogens with one attached hydrogen (secondary N) is 2. The lowest BCUT2D eigenvalue weighted by Gasteiger charge is -2.12. The van der Waals surface area contributed by atoms with Crippen LogP contribution in [-0.4, -0.2) is 35.9 Å². The van der Waals surface area contributed by atoms with E-state index in [0.717, 1.165) is 24.2 Å². The van der Waals surface area contributed by atoms with Gasteiger partial charge < -0.3 is 10.6 Å². The van der Waals surface area contributed by atoms with E-state index in [1.807, 2.05) is 29.1 Å². The lowest BCUT2D eigenvalue weighted by Crippen LogP contribution is -2.39. The van der Waals surface area contributed by atoms with Gasteiger partial charge in [0.25, 0.3) is 0 Å². The Morgan fingerprint density at radius 1 is 1.04 bits per heavy atom. The zero-order valence-electron chi connectivity index (χ0n) is 15.7. The van der Waals surface area contributed by atoms with E-state index in [1.165, 1.54) is 11.6 Å². The van der Waals surface area contributed by atoms with Gasteiger partial charge in [-0.05, 0) is 60.4 Å². The number of hydrogen-bond acceptors (Lipinski definition) is 2. The fourth-order valence-electron chi connectivity index (χ4n) is 2.83. The number of benzene rings is 2. The van der Waals surface area contributed by atoms with Crippen molar-refractivity contribution >= 4 is 5.96 Å². The standard InChI is InChI=1S/C21H23F2N5/c1-24-21(26-13-10-17-15-18(22)5-8-20(17)23)25-12-9-16-3-6-19(7-4-16)28-14-2-11-27-28/h2-8,11,14-15H,9-10,12-13H2,1H3,(H2,24,25,26). The average molecular weight is 383 g/mol. The van der Waals surface area contributed by atoms with Crippen molar-refractivity contribution in [2.45, 2.75) is 12.8 Å². The molecule has 0 spiro atoms. The maximum atomic E-state index is 13.6. The van der Waals surface area contributed by atoms with Crippen molar-refractivity contribution in [3.8, 4) is 5.69 Å². The van der Waals surface area contributed by atoms with Crippen LogP contribution in [0.4, 0.5) is 8.78 Å². The molecule has 0 saturated heterocycles. The van der Waals surface area contributed by atoms with Crippen LogP contribution in [0.25, 0.3) is 5.69 Å². The molecule has 146 valence electrons. The Kier molecular flexibility index (Phi) is 6.73. The second kappa shape index (κ2) is 9.64. The molecule has 0 saturated carbocycles. The van der Waals surface area contributed by atoms with E-state index in [-0.39, 0.29) is 0 Å². The van der Waals surface area contributed by atoms with Crippen LogP contribution < -0.4 is 10.6 Å². The number of nitrogens with zero attached hydrogens (tertiary/aromatic N) is 3. The minimum atomic E-state index is -0.433. The molecule has 7 heteroatoms. The summed E-state index contributed by atoms with van der Waals surface area (Å²) in [6, 6.07) is 13.6. The highest BCUT2D eigenvalue weighted by atomic mass is 19.1. The molecule has 3 aromatic rings. The minimum Gasteiger partial charge on any atom is -0.356 e. The second-order valence-electron chi connectivity index (χ2n) is 6.28. The van der Waals surface area contributed by atoms with Crippen LogP contribution in [0.2, 0.25) is 0 Å². The second-order valence-corrected chi connectivity index (χ2v) is 6.28. The number of hydrogen-bond donors (Lipinski definition) is 2. The van der Waals surface area contributed by atoms with Crippen molar-refractivity contribution in [2.75, 3.05) is 20.1 Å². The van der Waals surface area contributed by atoms with E-state index in [0.29, 0.717) is 31.0 Å². The Labute approximate surface area is 163 Å². The third-order valence-electron chi connectivity index (χ3n) is 4.33. The molecule has 0 aliphatic rings. The molecule has 0 aliphatic carbocycles. The molecule has 3 rings (SSSR count). The van der Waals surface area contributed by atoms with Crippen molar-refractivity contribution in [3.63, 3.8) is 0 Å². The Balaban J connectivity index is 1.42. The first-order valence-corrected chi connectivity index (χ1v) is 9.13. The lowest BCUT2D eigenvalue weighted by atomic mass is 10.1. The van der Waals surface area contributed by atoms with E-state index in [4.69, 9.17) is 0 Å². The van der Waals surface area contributed by atoms with Crippen LogP contribution in [0.1, 0.15) is 11.1 Å². The predicted octanol–water partition coefficient (Wildman–Crippen LogP) is 3.10. The highest BCUT2D eigenvalue weighted by Crippen LogP contribution is 2.10. The van der Waals surface area contributed by atoms with Crippen molar-refractivity contribution in [1.29, 1.82) is 0 Å². The number of guanidine groups is 1. The number of rotatable bonds is 7. The Hall–Kier alpha value is -3.22. The number of halogens is 2. The zero-order chi connectivity index (χ0) is 19.8. The van der Waals surface area contributed by atoms with Crippen molar-refractivity contribution in [2.24, 2.45) is 4.99 Å². The summed E-state index contributed by atoms with van der Waals surface area (Å²) in [6.07, 6.45) is 4.86. The summed E-state index contributed by atoms with van der Waals surface area (Å²) in [5.74, 6) is -0.202. The first-order valence-electron chi connectivity index (χ1n) is 9.13. The lowest BCUT2D eigenvalue weighted by molar-refractivity contribution is 0.583. The third kappa shape index (κ3) is 5.39. The van der Waals surface area contributed by atoms with Gasteiger partial charge in [-0.25, -0.2) is 13.5 Å². The smallest absolute Gasteiger partial charge is 0.190 e. The summed E-state index contributed by atoms with van der Waals surface area (Å²) in [4.78, 5) is 4.15. The van der Waals surface area contributed by atoms with E-state index in [1.54, 1.807) is 13.2 Å². The summed E-state index contributed by atoms with van der Waals surface area (Å²) in [5, 5.41) is 10.6. The molecule has 5 nitrogen and oxygen atoms in total. The van der Waals surface area contributed by atoms with Gasteiger partial charge in [-0.15, -0.1) is 0 Å². The maximum Gasteiger partial charge on any atom is 0.190 e. The number of aromatic nitrogens is 2. The van der Waals surface area contributed by atoms with Gasteiger partial charge in [0.2, 0.25) is 0 Å². The van der Waals surface area contributed by atoms with Gasteiger partial charge in [0.15, 0.2) is 5.96 Å². The highest BCUT2D eigenvalue weighted by Gasteiger charge is 2.05. The number of aliphatic imine (C=N–C) groups is 1. The molecular weight excluding hydrogens is 360 g/mol. The Bertz CT molecular complexity index is 905. The predicted molar refractivity (Wildman–Crippen MR) is 107 cm³/mol. The van der Waals surface area contributed by atoms with E-state index in [2.05, 4.69) is 32.9 Å².